The molecule has 20 heavy (non-hydrogen) atoms. The van der Waals surface area contributed by atoms with Crippen molar-refractivity contribution in [3.05, 3.63) is 54.4 Å². The zero-order chi connectivity index (χ0) is 13.9. The lowest BCUT2D eigenvalue weighted by Crippen LogP contribution is -2.14. The van der Waals surface area contributed by atoms with Gasteiger partial charge in [0.2, 0.25) is 0 Å². The Morgan fingerprint density at radius 2 is 2.05 bits per heavy atom. The molecular formula is C17H19N3. The van der Waals surface area contributed by atoms with E-state index in [2.05, 4.69) is 53.4 Å². The Kier molecular flexibility index (Phi) is 3.52. The van der Waals surface area contributed by atoms with Crippen molar-refractivity contribution in [2.24, 2.45) is 0 Å². The zero-order valence-electron chi connectivity index (χ0n) is 11.9. The molecule has 3 aromatic rings. The van der Waals surface area contributed by atoms with Crippen LogP contribution in [0.25, 0.3) is 22.2 Å². The summed E-state index contributed by atoms with van der Waals surface area (Å²) in [4.78, 5) is 9.99. The molecule has 1 aromatic carbocycles. The van der Waals surface area contributed by atoms with Gasteiger partial charge in [0.05, 0.1) is 5.69 Å². The quantitative estimate of drug-likeness (QED) is 0.784. The van der Waals surface area contributed by atoms with Crippen LogP contribution in [0.3, 0.4) is 0 Å². The average molecular weight is 265 g/mol. The Bertz CT molecular complexity index is 699. The van der Waals surface area contributed by atoms with Crippen LogP contribution in [0.4, 0.5) is 0 Å². The Labute approximate surface area is 119 Å². The first-order valence-corrected chi connectivity index (χ1v) is 6.90. The maximum atomic E-state index is 4.43. The van der Waals surface area contributed by atoms with E-state index in [1.54, 1.807) is 0 Å². The zero-order valence-corrected chi connectivity index (χ0v) is 11.9. The van der Waals surface area contributed by atoms with Crippen LogP contribution in [0, 0.1) is 0 Å². The fourth-order valence-corrected chi connectivity index (χ4v) is 2.42. The second kappa shape index (κ2) is 5.47. The Hall–Kier alpha value is -2.13. The van der Waals surface area contributed by atoms with Crippen molar-refractivity contribution >= 4 is 10.9 Å². The molecule has 0 aliphatic rings. The summed E-state index contributed by atoms with van der Waals surface area (Å²) in [5.74, 6) is 0. The Morgan fingerprint density at radius 1 is 1.15 bits per heavy atom. The highest BCUT2D eigenvalue weighted by atomic mass is 15.0. The highest BCUT2D eigenvalue weighted by Gasteiger charge is 2.06. The van der Waals surface area contributed by atoms with E-state index in [0.29, 0.717) is 0 Å². The second-order valence-electron chi connectivity index (χ2n) is 5.34. The summed E-state index contributed by atoms with van der Waals surface area (Å²) in [6, 6.07) is 12.5. The summed E-state index contributed by atoms with van der Waals surface area (Å²) >= 11 is 0. The lowest BCUT2D eigenvalue weighted by molar-refractivity contribution is 0.414. The number of pyridine rings is 1. The smallest absolute Gasteiger partial charge is 0.0702 e. The highest BCUT2D eigenvalue weighted by molar-refractivity contribution is 5.87. The largest absolute Gasteiger partial charge is 0.361 e. The molecule has 0 fully saturated rings. The summed E-state index contributed by atoms with van der Waals surface area (Å²) < 4.78 is 0. The molecule has 0 aliphatic heterocycles. The number of H-pyrrole nitrogens is 1. The number of nitrogens with zero attached hydrogens (tertiary/aromatic N) is 2. The van der Waals surface area contributed by atoms with Crippen molar-refractivity contribution < 1.29 is 0 Å². The van der Waals surface area contributed by atoms with E-state index < -0.39 is 0 Å². The van der Waals surface area contributed by atoms with E-state index in [0.717, 1.165) is 18.7 Å². The topological polar surface area (TPSA) is 31.9 Å². The molecule has 2 heterocycles. The van der Waals surface area contributed by atoms with Crippen molar-refractivity contribution in [2.75, 3.05) is 20.6 Å². The Morgan fingerprint density at radius 3 is 2.80 bits per heavy atom. The summed E-state index contributed by atoms with van der Waals surface area (Å²) in [6.45, 7) is 1.06. The number of aromatic nitrogens is 2. The molecule has 102 valence electrons. The maximum absolute atomic E-state index is 4.43. The number of benzene rings is 1. The molecule has 3 heteroatoms. The monoisotopic (exact) mass is 265 g/mol. The average Bonchev–Trinajstić information content (AvgIpc) is 2.88. The molecule has 0 unspecified atom stereocenters. The molecule has 0 spiro atoms. The first kappa shape index (κ1) is 12.9. The highest BCUT2D eigenvalue weighted by Crippen LogP contribution is 2.25. The molecule has 0 atom stereocenters. The Balaban J connectivity index is 1.99. The molecule has 0 radical (unpaired) electrons. The maximum Gasteiger partial charge on any atom is 0.0702 e. The molecule has 3 rings (SSSR count). The van der Waals surface area contributed by atoms with Gasteiger partial charge in [0.1, 0.15) is 0 Å². The molecule has 3 nitrogen and oxygen atoms in total. The number of fused-ring (bicyclic) bond motifs is 1. The first-order valence-electron chi connectivity index (χ1n) is 6.90. The molecule has 0 bridgehead atoms. The fraction of sp³-hybridized carbons (Fsp3) is 0.235. The third-order valence-electron chi connectivity index (χ3n) is 3.56. The normalized spacial score (nSPS) is 11.3. The van der Waals surface area contributed by atoms with Gasteiger partial charge in [-0.3, -0.25) is 4.98 Å². The predicted molar refractivity (Wildman–Crippen MR) is 83.8 cm³/mol. The van der Waals surface area contributed by atoms with Crippen molar-refractivity contribution in [1.82, 2.24) is 14.9 Å². The van der Waals surface area contributed by atoms with Gasteiger partial charge in [-0.05, 0) is 50.3 Å². The lowest BCUT2D eigenvalue weighted by atomic mass is 10.0. The second-order valence-corrected chi connectivity index (χ2v) is 5.34. The lowest BCUT2D eigenvalue weighted by Gasteiger charge is -2.08. The van der Waals surface area contributed by atoms with Gasteiger partial charge in [-0.2, -0.15) is 0 Å². The van der Waals surface area contributed by atoms with Gasteiger partial charge in [-0.25, -0.2) is 0 Å². The molecule has 0 saturated heterocycles. The van der Waals surface area contributed by atoms with E-state index in [9.17, 15) is 0 Å². The SMILES string of the molecule is CN(C)CCc1c[nH]c2ccc(-c3ccccn3)cc12. The van der Waals surface area contributed by atoms with Gasteiger partial charge in [0.25, 0.3) is 0 Å². The van der Waals surface area contributed by atoms with Crippen LogP contribution in [-0.4, -0.2) is 35.5 Å². The summed E-state index contributed by atoms with van der Waals surface area (Å²) in [5.41, 5.74) is 4.75. The van der Waals surface area contributed by atoms with Crippen molar-refractivity contribution in [1.29, 1.82) is 0 Å². The minimum absolute atomic E-state index is 1.02. The van der Waals surface area contributed by atoms with Crippen LogP contribution in [-0.2, 0) is 6.42 Å². The van der Waals surface area contributed by atoms with Crippen LogP contribution in [0.1, 0.15) is 5.56 Å². The number of aromatic amines is 1. The van der Waals surface area contributed by atoms with Crippen LogP contribution >= 0.6 is 0 Å². The van der Waals surface area contributed by atoms with E-state index in [1.165, 1.54) is 22.0 Å². The minimum atomic E-state index is 1.02. The van der Waals surface area contributed by atoms with E-state index in [4.69, 9.17) is 0 Å². The van der Waals surface area contributed by atoms with Gasteiger partial charge in [0.15, 0.2) is 0 Å². The third-order valence-corrected chi connectivity index (χ3v) is 3.56. The van der Waals surface area contributed by atoms with Gasteiger partial charge < -0.3 is 9.88 Å². The van der Waals surface area contributed by atoms with Crippen LogP contribution < -0.4 is 0 Å². The van der Waals surface area contributed by atoms with Gasteiger partial charge in [0, 0.05) is 35.4 Å². The molecule has 0 aliphatic carbocycles. The predicted octanol–water partition coefficient (Wildman–Crippen LogP) is 3.33. The number of hydrogen-bond donors (Lipinski definition) is 1. The fourth-order valence-electron chi connectivity index (χ4n) is 2.42. The number of hydrogen-bond acceptors (Lipinski definition) is 2. The summed E-state index contributed by atoms with van der Waals surface area (Å²) in [6.07, 6.45) is 5.01. The number of likely N-dealkylation sites (N-methyl/N-ethyl adjacent to an activating group) is 1. The van der Waals surface area contributed by atoms with Crippen LogP contribution in [0.15, 0.2) is 48.8 Å². The van der Waals surface area contributed by atoms with Crippen molar-refractivity contribution in [3.8, 4) is 11.3 Å². The summed E-state index contributed by atoms with van der Waals surface area (Å²) in [7, 11) is 4.21. The molecular weight excluding hydrogens is 246 g/mol. The minimum Gasteiger partial charge on any atom is -0.361 e. The first-order chi connectivity index (χ1) is 9.74. The van der Waals surface area contributed by atoms with Crippen molar-refractivity contribution in [3.63, 3.8) is 0 Å². The third kappa shape index (κ3) is 2.58. The van der Waals surface area contributed by atoms with E-state index >= 15 is 0 Å². The van der Waals surface area contributed by atoms with Crippen LogP contribution in [0.5, 0.6) is 0 Å². The molecule has 0 saturated carbocycles. The van der Waals surface area contributed by atoms with Gasteiger partial charge in [-0.1, -0.05) is 12.1 Å². The van der Waals surface area contributed by atoms with Gasteiger partial charge in [-0.15, -0.1) is 0 Å². The van der Waals surface area contributed by atoms with Gasteiger partial charge >= 0.3 is 0 Å². The van der Waals surface area contributed by atoms with Crippen molar-refractivity contribution in [2.45, 2.75) is 6.42 Å². The van der Waals surface area contributed by atoms with E-state index in [1.807, 2.05) is 24.4 Å². The molecule has 1 N–H and O–H groups in total. The number of nitrogens with one attached hydrogen (secondary N) is 1. The molecule has 2 aromatic heterocycles. The van der Waals surface area contributed by atoms with Crippen LogP contribution in [0.2, 0.25) is 0 Å². The summed E-state index contributed by atoms with van der Waals surface area (Å²) in [5, 5.41) is 1.30. The standard InChI is InChI=1S/C17H19N3/c1-20(2)10-8-14-12-19-17-7-6-13(11-15(14)17)16-5-3-4-9-18-16/h3-7,9,11-12,19H,8,10H2,1-2H3. The molecule has 0 amide bonds. The number of rotatable bonds is 4. The van der Waals surface area contributed by atoms with E-state index in [-0.39, 0.29) is 0 Å².